The van der Waals surface area contributed by atoms with E-state index in [9.17, 15) is 9.90 Å². The summed E-state index contributed by atoms with van der Waals surface area (Å²) in [5, 5.41) is 10.6. The molecule has 0 saturated carbocycles. The number of hydrogen-bond donors (Lipinski definition) is 1. The molecule has 0 saturated heterocycles. The topological polar surface area (TPSA) is 37.3 Å². The Morgan fingerprint density at radius 1 is 1.15 bits per heavy atom. The van der Waals surface area contributed by atoms with Crippen LogP contribution in [-0.2, 0) is 11.2 Å². The minimum absolute atomic E-state index is 0.357. The quantitative estimate of drug-likeness (QED) is 0.888. The fourth-order valence-electron chi connectivity index (χ4n) is 2.08. The van der Waals surface area contributed by atoms with Crippen LogP contribution in [0.4, 0.5) is 0 Å². The zero-order chi connectivity index (χ0) is 14.7. The predicted octanol–water partition coefficient (Wildman–Crippen LogP) is 4.71. The highest BCUT2D eigenvalue weighted by Gasteiger charge is 2.21. The standard InChI is InChI=1S/C16H14Cl2O2/c1-10-2-3-12(15(18)8-10)9-14(16(19)20)11-4-6-13(17)7-5-11/h2-8,14H,9H2,1H3,(H,19,20). The van der Waals surface area contributed by atoms with Crippen molar-refractivity contribution in [1.82, 2.24) is 0 Å². The van der Waals surface area contributed by atoms with E-state index in [1.807, 2.05) is 25.1 Å². The molecule has 0 aromatic heterocycles. The highest BCUT2D eigenvalue weighted by Crippen LogP contribution is 2.27. The lowest BCUT2D eigenvalue weighted by atomic mass is 9.92. The van der Waals surface area contributed by atoms with E-state index in [0.29, 0.717) is 16.5 Å². The van der Waals surface area contributed by atoms with Gasteiger partial charge < -0.3 is 5.11 Å². The number of aryl methyl sites for hydroxylation is 1. The summed E-state index contributed by atoms with van der Waals surface area (Å²) in [6.07, 6.45) is 0.357. The maximum atomic E-state index is 11.5. The molecule has 0 amide bonds. The molecule has 0 radical (unpaired) electrons. The van der Waals surface area contributed by atoms with Gasteiger partial charge in [0.1, 0.15) is 0 Å². The van der Waals surface area contributed by atoms with Crippen LogP contribution in [-0.4, -0.2) is 11.1 Å². The van der Waals surface area contributed by atoms with Crippen LogP contribution in [0.2, 0.25) is 10.0 Å². The average Bonchev–Trinajstić information content (AvgIpc) is 2.39. The lowest BCUT2D eigenvalue weighted by Crippen LogP contribution is -2.14. The lowest BCUT2D eigenvalue weighted by Gasteiger charge is -2.14. The van der Waals surface area contributed by atoms with E-state index < -0.39 is 11.9 Å². The van der Waals surface area contributed by atoms with E-state index in [1.54, 1.807) is 24.3 Å². The number of hydrogen-bond acceptors (Lipinski definition) is 1. The van der Waals surface area contributed by atoms with Gasteiger partial charge in [-0.05, 0) is 48.2 Å². The molecule has 2 aromatic rings. The van der Waals surface area contributed by atoms with Crippen molar-refractivity contribution in [2.24, 2.45) is 0 Å². The normalized spacial score (nSPS) is 12.2. The molecule has 0 bridgehead atoms. The number of carboxylic acid groups (broad SMARTS) is 1. The van der Waals surface area contributed by atoms with Crippen molar-refractivity contribution in [1.29, 1.82) is 0 Å². The minimum atomic E-state index is -0.871. The number of halogens is 2. The molecule has 2 nitrogen and oxygen atoms in total. The largest absolute Gasteiger partial charge is 0.481 e. The molecule has 0 aliphatic carbocycles. The van der Waals surface area contributed by atoms with Crippen molar-refractivity contribution < 1.29 is 9.90 Å². The first-order valence-corrected chi connectivity index (χ1v) is 6.96. The number of benzene rings is 2. The van der Waals surface area contributed by atoms with Crippen molar-refractivity contribution >= 4 is 29.2 Å². The van der Waals surface area contributed by atoms with Gasteiger partial charge in [-0.15, -0.1) is 0 Å². The summed E-state index contributed by atoms with van der Waals surface area (Å²) in [6.45, 7) is 1.95. The fraction of sp³-hybridized carbons (Fsp3) is 0.188. The lowest BCUT2D eigenvalue weighted by molar-refractivity contribution is -0.138. The van der Waals surface area contributed by atoms with E-state index in [4.69, 9.17) is 23.2 Å². The second kappa shape index (κ2) is 6.29. The molecule has 1 atom stereocenters. The predicted molar refractivity (Wildman–Crippen MR) is 81.7 cm³/mol. The van der Waals surface area contributed by atoms with E-state index in [2.05, 4.69) is 0 Å². The molecule has 0 heterocycles. The molecule has 2 aromatic carbocycles. The molecule has 0 fully saturated rings. The summed E-state index contributed by atoms with van der Waals surface area (Å²) in [5.41, 5.74) is 2.61. The van der Waals surface area contributed by atoms with Crippen LogP contribution in [0.5, 0.6) is 0 Å². The van der Waals surface area contributed by atoms with Crippen molar-refractivity contribution in [3.05, 3.63) is 69.2 Å². The zero-order valence-corrected chi connectivity index (χ0v) is 12.4. The van der Waals surface area contributed by atoms with Gasteiger partial charge in [-0.25, -0.2) is 0 Å². The number of carbonyl (C=O) groups is 1. The highest BCUT2D eigenvalue weighted by molar-refractivity contribution is 6.31. The van der Waals surface area contributed by atoms with E-state index in [1.165, 1.54) is 0 Å². The molecule has 1 N–H and O–H groups in total. The van der Waals surface area contributed by atoms with Crippen LogP contribution >= 0.6 is 23.2 Å². The van der Waals surface area contributed by atoms with Crippen LogP contribution in [0, 0.1) is 6.92 Å². The number of carboxylic acids is 1. The second-order valence-corrected chi connectivity index (χ2v) is 5.58. The van der Waals surface area contributed by atoms with Crippen molar-refractivity contribution in [2.45, 2.75) is 19.3 Å². The maximum absolute atomic E-state index is 11.5. The Morgan fingerprint density at radius 3 is 2.35 bits per heavy atom. The van der Waals surface area contributed by atoms with Gasteiger partial charge in [-0.2, -0.15) is 0 Å². The Kier molecular flexibility index (Phi) is 4.69. The Morgan fingerprint density at radius 2 is 1.80 bits per heavy atom. The molecule has 0 spiro atoms. The Labute approximate surface area is 128 Å². The van der Waals surface area contributed by atoms with Gasteiger partial charge in [0.25, 0.3) is 0 Å². The third-order valence-electron chi connectivity index (χ3n) is 3.20. The van der Waals surface area contributed by atoms with Crippen molar-refractivity contribution in [3.63, 3.8) is 0 Å². The van der Waals surface area contributed by atoms with Crippen LogP contribution in [0.15, 0.2) is 42.5 Å². The van der Waals surface area contributed by atoms with E-state index in [-0.39, 0.29) is 0 Å². The van der Waals surface area contributed by atoms with Gasteiger partial charge in [-0.1, -0.05) is 47.5 Å². The van der Waals surface area contributed by atoms with Gasteiger partial charge in [-0.3, -0.25) is 4.79 Å². The number of rotatable bonds is 4. The zero-order valence-electron chi connectivity index (χ0n) is 10.9. The molecule has 0 aliphatic rings. The summed E-state index contributed by atoms with van der Waals surface area (Å²) in [5.74, 6) is -1.50. The molecule has 2 rings (SSSR count). The third kappa shape index (κ3) is 3.53. The molecular weight excluding hydrogens is 295 g/mol. The van der Waals surface area contributed by atoms with Crippen LogP contribution in [0.3, 0.4) is 0 Å². The van der Waals surface area contributed by atoms with Gasteiger partial charge in [0.2, 0.25) is 0 Å². The Hall–Kier alpha value is -1.51. The summed E-state index contributed by atoms with van der Waals surface area (Å²) in [4.78, 5) is 11.5. The first-order chi connectivity index (χ1) is 9.47. The maximum Gasteiger partial charge on any atom is 0.311 e. The molecule has 4 heteroatoms. The van der Waals surface area contributed by atoms with Crippen LogP contribution in [0.1, 0.15) is 22.6 Å². The third-order valence-corrected chi connectivity index (χ3v) is 3.81. The fourth-order valence-corrected chi connectivity index (χ4v) is 2.52. The van der Waals surface area contributed by atoms with Crippen molar-refractivity contribution in [3.8, 4) is 0 Å². The van der Waals surface area contributed by atoms with Gasteiger partial charge in [0, 0.05) is 10.0 Å². The molecule has 0 aliphatic heterocycles. The van der Waals surface area contributed by atoms with E-state index in [0.717, 1.165) is 16.7 Å². The first-order valence-electron chi connectivity index (χ1n) is 6.20. The second-order valence-electron chi connectivity index (χ2n) is 4.74. The molecule has 104 valence electrons. The van der Waals surface area contributed by atoms with Gasteiger partial charge in [0.05, 0.1) is 5.92 Å². The SMILES string of the molecule is Cc1ccc(CC(C(=O)O)c2ccc(Cl)cc2)c(Cl)c1. The monoisotopic (exact) mass is 308 g/mol. The summed E-state index contributed by atoms with van der Waals surface area (Å²) in [6, 6.07) is 12.5. The van der Waals surface area contributed by atoms with Crippen molar-refractivity contribution in [2.75, 3.05) is 0 Å². The van der Waals surface area contributed by atoms with Crippen LogP contribution < -0.4 is 0 Å². The Bertz CT molecular complexity index is 621. The summed E-state index contributed by atoms with van der Waals surface area (Å²) in [7, 11) is 0. The number of aliphatic carboxylic acids is 1. The van der Waals surface area contributed by atoms with E-state index >= 15 is 0 Å². The van der Waals surface area contributed by atoms with Gasteiger partial charge >= 0.3 is 5.97 Å². The average molecular weight is 309 g/mol. The van der Waals surface area contributed by atoms with Gasteiger partial charge in [0.15, 0.2) is 0 Å². The smallest absolute Gasteiger partial charge is 0.311 e. The minimum Gasteiger partial charge on any atom is -0.481 e. The summed E-state index contributed by atoms with van der Waals surface area (Å²) >= 11 is 12.0. The first kappa shape index (κ1) is 14.9. The highest BCUT2D eigenvalue weighted by atomic mass is 35.5. The Balaban J connectivity index is 2.30. The molecule has 20 heavy (non-hydrogen) atoms. The molecule has 1 unspecified atom stereocenters. The van der Waals surface area contributed by atoms with Crippen LogP contribution in [0.25, 0.3) is 0 Å². The molecular formula is C16H14Cl2O2. The summed E-state index contributed by atoms with van der Waals surface area (Å²) < 4.78 is 0.